The molecule has 1 aliphatic rings. The smallest absolute Gasteiger partial charge is 0.385 e. The van der Waals surface area contributed by atoms with Crippen LogP contribution in [0.1, 0.15) is 47.3 Å². The molecule has 3 aromatic rings. The summed E-state index contributed by atoms with van der Waals surface area (Å²) in [6.45, 7) is 5.20. The first kappa shape index (κ1) is 26.3. The van der Waals surface area contributed by atoms with Gasteiger partial charge >= 0.3 is 6.18 Å². The van der Waals surface area contributed by atoms with Crippen LogP contribution in [0.3, 0.4) is 0 Å². The van der Waals surface area contributed by atoms with Crippen LogP contribution in [0.25, 0.3) is 11.0 Å². The van der Waals surface area contributed by atoms with Crippen molar-refractivity contribution in [2.24, 2.45) is 13.0 Å². The SMILES string of the molecule is COCCC1CCN(Cc2ccc(Cl)c(Cc3nc4c(C)cc(C(F)(F)F)cc4n3C)c2Cl)CC1. The average Bonchev–Trinajstić information content (AvgIpc) is 3.13. The van der Waals surface area contributed by atoms with E-state index in [1.165, 1.54) is 0 Å². The van der Waals surface area contributed by atoms with Gasteiger partial charge in [0, 0.05) is 38.8 Å². The number of benzene rings is 2. The third-order valence-electron chi connectivity index (χ3n) is 7.03. The molecule has 1 aliphatic heterocycles. The van der Waals surface area contributed by atoms with E-state index in [4.69, 9.17) is 27.9 Å². The number of hydrogen-bond acceptors (Lipinski definition) is 3. The van der Waals surface area contributed by atoms with Gasteiger partial charge in [0.15, 0.2) is 0 Å². The van der Waals surface area contributed by atoms with E-state index in [9.17, 15) is 13.2 Å². The Kier molecular flexibility index (Phi) is 8.01. The predicted molar refractivity (Wildman–Crippen MR) is 134 cm³/mol. The lowest BCUT2D eigenvalue weighted by atomic mass is 9.93. The van der Waals surface area contributed by atoms with Crippen LogP contribution >= 0.6 is 23.2 Å². The molecule has 0 radical (unpaired) electrons. The first-order valence-corrected chi connectivity index (χ1v) is 12.5. The van der Waals surface area contributed by atoms with Crippen LogP contribution in [0, 0.1) is 12.8 Å². The third kappa shape index (κ3) is 5.79. The Labute approximate surface area is 214 Å². The predicted octanol–water partition coefficient (Wildman–Crippen LogP) is 7.05. The van der Waals surface area contributed by atoms with Crippen LogP contribution < -0.4 is 0 Å². The molecule has 1 saturated heterocycles. The van der Waals surface area contributed by atoms with Crippen molar-refractivity contribution in [1.82, 2.24) is 14.5 Å². The first-order valence-electron chi connectivity index (χ1n) is 11.8. The van der Waals surface area contributed by atoms with Crippen molar-refractivity contribution < 1.29 is 17.9 Å². The van der Waals surface area contributed by atoms with E-state index in [1.807, 2.05) is 12.1 Å². The number of halogens is 5. The van der Waals surface area contributed by atoms with Crippen molar-refractivity contribution >= 4 is 34.2 Å². The number of piperidine rings is 1. The number of likely N-dealkylation sites (tertiary alicyclic amines) is 1. The Morgan fingerprint density at radius 2 is 1.86 bits per heavy atom. The minimum absolute atomic E-state index is 0.330. The van der Waals surface area contributed by atoms with E-state index in [1.54, 1.807) is 25.6 Å². The normalized spacial score (nSPS) is 15.9. The third-order valence-corrected chi connectivity index (χ3v) is 7.85. The molecule has 35 heavy (non-hydrogen) atoms. The molecule has 0 atom stereocenters. The Balaban J connectivity index is 1.56. The highest BCUT2D eigenvalue weighted by Gasteiger charge is 2.32. The van der Waals surface area contributed by atoms with Gasteiger partial charge in [-0.1, -0.05) is 29.3 Å². The van der Waals surface area contributed by atoms with Gasteiger partial charge in [-0.3, -0.25) is 4.90 Å². The summed E-state index contributed by atoms with van der Waals surface area (Å²) in [6.07, 6.45) is -0.710. The first-order chi connectivity index (χ1) is 16.6. The highest BCUT2D eigenvalue weighted by Crippen LogP contribution is 2.35. The van der Waals surface area contributed by atoms with Crippen LogP contribution in [0.15, 0.2) is 24.3 Å². The zero-order chi connectivity index (χ0) is 25.3. The molecule has 1 aromatic heterocycles. The number of methoxy groups -OCH3 is 1. The highest BCUT2D eigenvalue weighted by atomic mass is 35.5. The summed E-state index contributed by atoms with van der Waals surface area (Å²) >= 11 is 13.4. The van der Waals surface area contributed by atoms with Crippen LogP contribution in [0.5, 0.6) is 0 Å². The molecular weight excluding hydrogens is 498 g/mol. The molecular formula is C26H30Cl2F3N3O. The fourth-order valence-electron chi connectivity index (χ4n) is 4.87. The van der Waals surface area contributed by atoms with Crippen LogP contribution in [-0.4, -0.2) is 41.3 Å². The summed E-state index contributed by atoms with van der Waals surface area (Å²) in [5.74, 6) is 1.31. The van der Waals surface area contributed by atoms with Crippen molar-refractivity contribution in [2.45, 2.75) is 45.3 Å². The largest absolute Gasteiger partial charge is 0.416 e. The number of alkyl halides is 3. The van der Waals surface area contributed by atoms with E-state index in [0.29, 0.717) is 44.8 Å². The summed E-state index contributed by atoms with van der Waals surface area (Å²) in [4.78, 5) is 7.05. The van der Waals surface area contributed by atoms with E-state index < -0.39 is 11.7 Å². The maximum absolute atomic E-state index is 13.3. The lowest BCUT2D eigenvalue weighted by molar-refractivity contribution is -0.137. The molecule has 4 rings (SSSR count). The number of fused-ring (bicyclic) bond motifs is 1. The van der Waals surface area contributed by atoms with Crippen molar-refractivity contribution in [1.29, 1.82) is 0 Å². The molecule has 190 valence electrons. The zero-order valence-corrected chi connectivity index (χ0v) is 21.7. The molecule has 1 fully saturated rings. The number of rotatable bonds is 7. The summed E-state index contributed by atoms with van der Waals surface area (Å²) in [5, 5.41) is 1.12. The molecule has 4 nitrogen and oxygen atoms in total. The lowest BCUT2D eigenvalue weighted by Gasteiger charge is -2.32. The van der Waals surface area contributed by atoms with Crippen LogP contribution in [-0.2, 0) is 30.9 Å². The van der Waals surface area contributed by atoms with Crippen molar-refractivity contribution in [3.63, 3.8) is 0 Å². The second-order valence-corrected chi connectivity index (χ2v) is 10.2. The molecule has 2 aromatic carbocycles. The highest BCUT2D eigenvalue weighted by molar-refractivity contribution is 6.36. The quantitative estimate of drug-likeness (QED) is 0.329. The van der Waals surface area contributed by atoms with Gasteiger partial charge in [-0.2, -0.15) is 13.2 Å². The number of aryl methyl sites for hydroxylation is 2. The maximum atomic E-state index is 13.3. The van der Waals surface area contributed by atoms with Gasteiger partial charge in [-0.15, -0.1) is 0 Å². The van der Waals surface area contributed by atoms with Crippen molar-refractivity contribution in [3.8, 4) is 0 Å². The Hall–Kier alpha value is -1.80. The second-order valence-electron chi connectivity index (χ2n) is 9.42. The second kappa shape index (κ2) is 10.7. The fraction of sp³-hybridized carbons (Fsp3) is 0.500. The van der Waals surface area contributed by atoms with E-state index in [2.05, 4.69) is 9.88 Å². The molecule has 2 heterocycles. The van der Waals surface area contributed by atoms with Crippen LogP contribution in [0.2, 0.25) is 10.0 Å². The van der Waals surface area contributed by atoms with Gasteiger partial charge in [0.1, 0.15) is 5.82 Å². The molecule has 0 spiro atoms. The average molecular weight is 528 g/mol. The topological polar surface area (TPSA) is 30.3 Å². The Bertz CT molecular complexity index is 1200. The van der Waals surface area contributed by atoms with E-state index in [-0.39, 0.29) is 0 Å². The van der Waals surface area contributed by atoms with Crippen molar-refractivity contribution in [3.05, 3.63) is 62.4 Å². The number of nitrogens with zero attached hydrogens (tertiary/aromatic N) is 3. The summed E-state index contributed by atoms with van der Waals surface area (Å²) < 4.78 is 46.9. The fourth-order valence-corrected chi connectivity index (χ4v) is 5.44. The summed E-state index contributed by atoms with van der Waals surface area (Å²) in [5.41, 5.74) is 2.53. The summed E-state index contributed by atoms with van der Waals surface area (Å²) in [7, 11) is 3.47. The Morgan fingerprint density at radius 3 is 2.51 bits per heavy atom. The molecule has 0 bridgehead atoms. The van der Waals surface area contributed by atoms with Gasteiger partial charge in [-0.25, -0.2) is 4.98 Å². The van der Waals surface area contributed by atoms with Gasteiger partial charge in [0.2, 0.25) is 0 Å². The lowest BCUT2D eigenvalue weighted by Crippen LogP contribution is -2.33. The standard InChI is InChI=1S/C26H30Cl2F3N3O/c1-16-12-19(26(29,30)31)13-22-25(16)32-23(33(22)2)14-20-21(27)5-4-18(24(20)28)15-34-9-6-17(7-10-34)8-11-35-3/h4-5,12-13,17H,6-11,14-15H2,1-3H3. The number of imidazole rings is 1. The minimum Gasteiger partial charge on any atom is -0.385 e. The van der Waals surface area contributed by atoms with Gasteiger partial charge in [0.05, 0.1) is 21.6 Å². The molecule has 0 amide bonds. The molecule has 0 aliphatic carbocycles. The van der Waals surface area contributed by atoms with Crippen LogP contribution in [0.4, 0.5) is 13.2 Å². The molecule has 9 heteroatoms. The van der Waals surface area contributed by atoms with Gasteiger partial charge in [-0.05, 0) is 80.1 Å². The molecule has 0 saturated carbocycles. The number of hydrogen-bond donors (Lipinski definition) is 0. The number of aromatic nitrogens is 2. The van der Waals surface area contributed by atoms with Gasteiger partial charge in [0.25, 0.3) is 0 Å². The van der Waals surface area contributed by atoms with Crippen molar-refractivity contribution in [2.75, 3.05) is 26.8 Å². The monoisotopic (exact) mass is 527 g/mol. The van der Waals surface area contributed by atoms with E-state index in [0.717, 1.165) is 68.8 Å². The van der Waals surface area contributed by atoms with E-state index >= 15 is 0 Å². The maximum Gasteiger partial charge on any atom is 0.416 e. The minimum atomic E-state index is -4.41. The molecule has 0 N–H and O–H groups in total. The summed E-state index contributed by atoms with van der Waals surface area (Å²) in [6, 6.07) is 6.09. The Morgan fingerprint density at radius 1 is 1.14 bits per heavy atom. The molecule has 0 unspecified atom stereocenters. The van der Waals surface area contributed by atoms with Gasteiger partial charge < -0.3 is 9.30 Å². The number of ether oxygens (including phenoxy) is 1. The zero-order valence-electron chi connectivity index (χ0n) is 20.2.